The van der Waals surface area contributed by atoms with Gasteiger partial charge in [0, 0.05) is 41.8 Å². The van der Waals surface area contributed by atoms with Crippen LogP contribution in [0, 0.1) is 13.8 Å². The average molecular weight is 508 g/mol. The van der Waals surface area contributed by atoms with Crippen molar-refractivity contribution in [1.82, 2.24) is 9.78 Å². The van der Waals surface area contributed by atoms with Crippen LogP contribution in [-0.2, 0) is 11.8 Å². The summed E-state index contributed by atoms with van der Waals surface area (Å²) in [5.41, 5.74) is 5.15. The van der Waals surface area contributed by atoms with Gasteiger partial charge in [0.15, 0.2) is 5.78 Å². The highest BCUT2D eigenvalue weighted by atomic mass is 16.3. The van der Waals surface area contributed by atoms with Crippen LogP contribution in [0.1, 0.15) is 49.1 Å². The lowest BCUT2D eigenvalue weighted by Crippen LogP contribution is -2.16. The minimum atomic E-state index is -0.608. The first-order chi connectivity index (χ1) is 18.2. The molecule has 2 heterocycles. The van der Waals surface area contributed by atoms with Crippen molar-refractivity contribution in [3.8, 4) is 5.75 Å². The molecule has 0 spiro atoms. The standard InChI is InChI=1S/C29H25N5O4/c1-16-4-8-21(14-26(16)35)30-15-23-22-11-7-19(13-24(22)32-28(23)37)27(36)18-5-9-20(10-6-18)31-29(38)25-12-17(2)33-34(25)3/h4-15,23,35H,1-3H3,(H,31,38)(H,32,37). The van der Waals surface area contributed by atoms with E-state index >= 15 is 0 Å². The van der Waals surface area contributed by atoms with Crippen molar-refractivity contribution >= 4 is 40.9 Å². The summed E-state index contributed by atoms with van der Waals surface area (Å²) in [7, 11) is 1.70. The van der Waals surface area contributed by atoms with Crippen molar-refractivity contribution in [3.63, 3.8) is 0 Å². The molecule has 9 heteroatoms. The third-order valence-corrected chi connectivity index (χ3v) is 6.40. The van der Waals surface area contributed by atoms with Crippen LogP contribution in [0.3, 0.4) is 0 Å². The van der Waals surface area contributed by atoms with Gasteiger partial charge in [-0.2, -0.15) is 5.10 Å². The molecular weight excluding hydrogens is 482 g/mol. The molecule has 0 aliphatic carbocycles. The zero-order chi connectivity index (χ0) is 27.0. The van der Waals surface area contributed by atoms with Crippen molar-refractivity contribution in [1.29, 1.82) is 0 Å². The maximum atomic E-state index is 13.1. The molecule has 0 fully saturated rings. The molecule has 0 saturated heterocycles. The number of aromatic hydroxyl groups is 1. The smallest absolute Gasteiger partial charge is 0.273 e. The number of phenolic OH excluding ortho intramolecular Hbond substituents is 1. The van der Waals surface area contributed by atoms with E-state index in [0.29, 0.717) is 33.9 Å². The number of carbonyl (C=O) groups is 3. The molecule has 3 aromatic carbocycles. The Morgan fingerprint density at radius 1 is 1.03 bits per heavy atom. The lowest BCUT2D eigenvalue weighted by molar-refractivity contribution is -0.115. The summed E-state index contributed by atoms with van der Waals surface area (Å²) in [5.74, 6) is -1.22. The molecule has 3 N–H and O–H groups in total. The number of aryl methyl sites for hydroxylation is 3. The lowest BCUT2D eigenvalue weighted by Gasteiger charge is -2.08. The third kappa shape index (κ3) is 4.81. The van der Waals surface area contributed by atoms with Crippen LogP contribution in [-0.4, -0.2) is 38.7 Å². The second-order valence-electron chi connectivity index (χ2n) is 9.17. The minimum Gasteiger partial charge on any atom is -0.508 e. The van der Waals surface area contributed by atoms with Crippen LogP contribution < -0.4 is 10.6 Å². The van der Waals surface area contributed by atoms with Gasteiger partial charge in [-0.25, -0.2) is 0 Å². The molecular formula is C29H25N5O4. The summed E-state index contributed by atoms with van der Waals surface area (Å²) in [5, 5.41) is 19.7. The van der Waals surface area contributed by atoms with Crippen LogP contribution in [0.2, 0.25) is 0 Å². The number of fused-ring (bicyclic) bond motifs is 1. The van der Waals surface area contributed by atoms with Gasteiger partial charge in [0.25, 0.3) is 5.91 Å². The van der Waals surface area contributed by atoms with E-state index in [2.05, 4.69) is 20.7 Å². The maximum Gasteiger partial charge on any atom is 0.273 e. The normalized spacial score (nSPS) is 14.4. The highest BCUT2D eigenvalue weighted by Gasteiger charge is 2.30. The van der Waals surface area contributed by atoms with Crippen molar-refractivity contribution in [2.75, 3.05) is 10.6 Å². The molecule has 0 radical (unpaired) electrons. The van der Waals surface area contributed by atoms with E-state index in [1.807, 2.05) is 6.92 Å². The van der Waals surface area contributed by atoms with Crippen molar-refractivity contribution < 1.29 is 19.5 Å². The second kappa shape index (κ2) is 9.78. The van der Waals surface area contributed by atoms with Crippen LogP contribution in [0.4, 0.5) is 17.1 Å². The number of aliphatic imine (C=N–C) groups is 1. The molecule has 1 aliphatic heterocycles. The first-order valence-electron chi connectivity index (χ1n) is 11.9. The van der Waals surface area contributed by atoms with E-state index in [4.69, 9.17) is 0 Å². The Morgan fingerprint density at radius 2 is 1.76 bits per heavy atom. The van der Waals surface area contributed by atoms with Gasteiger partial charge in [-0.05, 0) is 67.4 Å². The Morgan fingerprint density at radius 3 is 2.45 bits per heavy atom. The molecule has 9 nitrogen and oxygen atoms in total. The van der Waals surface area contributed by atoms with Gasteiger partial charge in [0.2, 0.25) is 5.91 Å². The topological polar surface area (TPSA) is 126 Å². The van der Waals surface area contributed by atoms with E-state index in [9.17, 15) is 19.5 Å². The summed E-state index contributed by atoms with van der Waals surface area (Å²) >= 11 is 0. The fourth-order valence-corrected chi connectivity index (χ4v) is 4.31. The van der Waals surface area contributed by atoms with Crippen LogP contribution in [0.5, 0.6) is 5.75 Å². The molecule has 0 bridgehead atoms. The van der Waals surface area contributed by atoms with Crippen LogP contribution in [0.25, 0.3) is 0 Å². The summed E-state index contributed by atoms with van der Waals surface area (Å²) < 4.78 is 1.51. The van der Waals surface area contributed by atoms with E-state index in [-0.39, 0.29) is 23.3 Å². The first kappa shape index (κ1) is 24.6. The Balaban J connectivity index is 1.30. The van der Waals surface area contributed by atoms with Crippen molar-refractivity contribution in [2.24, 2.45) is 12.0 Å². The highest BCUT2D eigenvalue weighted by Crippen LogP contribution is 2.33. The molecule has 2 amide bonds. The molecule has 1 unspecified atom stereocenters. The third-order valence-electron chi connectivity index (χ3n) is 6.40. The average Bonchev–Trinajstić information content (AvgIpc) is 3.41. The lowest BCUT2D eigenvalue weighted by atomic mass is 9.97. The molecule has 190 valence electrons. The Kier molecular flexibility index (Phi) is 6.34. The number of amides is 2. The molecule has 5 rings (SSSR count). The molecule has 1 aliphatic rings. The zero-order valence-electron chi connectivity index (χ0n) is 21.0. The van der Waals surface area contributed by atoms with Gasteiger partial charge >= 0.3 is 0 Å². The molecule has 1 aromatic heterocycles. The van der Waals surface area contributed by atoms with Crippen molar-refractivity contribution in [3.05, 3.63) is 100 Å². The summed E-state index contributed by atoms with van der Waals surface area (Å²) in [6, 6.07) is 18.5. The number of nitrogens with zero attached hydrogens (tertiary/aromatic N) is 3. The number of rotatable bonds is 6. The van der Waals surface area contributed by atoms with Gasteiger partial charge in [-0.1, -0.05) is 18.2 Å². The second-order valence-corrected chi connectivity index (χ2v) is 9.17. The number of hydrogen-bond acceptors (Lipinski definition) is 6. The predicted molar refractivity (Wildman–Crippen MR) is 145 cm³/mol. The fraction of sp³-hybridized carbons (Fsp3) is 0.138. The predicted octanol–water partition coefficient (Wildman–Crippen LogP) is 4.66. The van der Waals surface area contributed by atoms with Gasteiger partial charge in [-0.15, -0.1) is 0 Å². The number of phenols is 1. The SMILES string of the molecule is Cc1cc(C(=O)Nc2ccc(C(=O)c3ccc4c(c3)NC(=O)C4C=Nc3ccc(C)c(O)c3)cc2)n(C)n1. The number of hydrogen-bond donors (Lipinski definition) is 3. The van der Waals surface area contributed by atoms with E-state index in [1.165, 1.54) is 17.0 Å². The Bertz CT molecular complexity index is 1620. The number of benzene rings is 3. The van der Waals surface area contributed by atoms with Gasteiger partial charge in [0.05, 0.1) is 11.4 Å². The number of nitrogens with one attached hydrogen (secondary N) is 2. The van der Waals surface area contributed by atoms with Crippen molar-refractivity contribution in [2.45, 2.75) is 19.8 Å². The molecule has 0 saturated carbocycles. The summed E-state index contributed by atoms with van der Waals surface area (Å²) in [6.45, 7) is 3.60. The number of aromatic nitrogens is 2. The van der Waals surface area contributed by atoms with Gasteiger partial charge < -0.3 is 15.7 Å². The highest BCUT2D eigenvalue weighted by molar-refractivity contribution is 6.15. The van der Waals surface area contributed by atoms with Crippen LogP contribution >= 0.6 is 0 Å². The van der Waals surface area contributed by atoms with Gasteiger partial charge in [0.1, 0.15) is 17.4 Å². The summed E-state index contributed by atoms with van der Waals surface area (Å²) in [6.07, 6.45) is 1.53. The molecule has 4 aromatic rings. The maximum absolute atomic E-state index is 13.1. The first-order valence-corrected chi connectivity index (χ1v) is 11.9. The monoisotopic (exact) mass is 507 g/mol. The largest absolute Gasteiger partial charge is 0.508 e. The van der Waals surface area contributed by atoms with E-state index in [1.54, 1.807) is 74.6 Å². The molecule has 1 atom stereocenters. The minimum absolute atomic E-state index is 0.137. The quantitative estimate of drug-likeness (QED) is 0.258. The summed E-state index contributed by atoms with van der Waals surface area (Å²) in [4.78, 5) is 42.6. The van der Waals surface area contributed by atoms with E-state index in [0.717, 1.165) is 16.8 Å². The molecule has 38 heavy (non-hydrogen) atoms. The van der Waals surface area contributed by atoms with Crippen LogP contribution in [0.15, 0.2) is 71.7 Å². The Labute approximate surface area is 218 Å². The van der Waals surface area contributed by atoms with E-state index < -0.39 is 5.92 Å². The fourth-order valence-electron chi connectivity index (χ4n) is 4.31. The van der Waals surface area contributed by atoms with Gasteiger partial charge in [-0.3, -0.25) is 24.1 Å². The Hall–Kier alpha value is -5.05. The number of ketones is 1. The zero-order valence-corrected chi connectivity index (χ0v) is 21.0. The number of anilines is 2. The number of carbonyl (C=O) groups excluding carboxylic acids is 3.